The predicted octanol–water partition coefficient (Wildman–Crippen LogP) is 4.36. The monoisotopic (exact) mass is 263 g/mol. The number of aromatic nitrogens is 1. The number of alkyl halides is 3. The molecule has 0 saturated heterocycles. The van der Waals surface area contributed by atoms with Crippen LogP contribution in [0.15, 0.2) is 18.2 Å². The summed E-state index contributed by atoms with van der Waals surface area (Å²) >= 11 is 0. The standard InChI is InChI=1S/C10H7F4NO.C2H6/c1-16-7-3-2-6-5(9(7)11)4-8(15-6)10(12,13)14;1-2/h2-4,15H,1H3;1-2H3. The molecule has 0 unspecified atom stereocenters. The Kier molecular flexibility index (Phi) is 4.21. The van der Waals surface area contributed by atoms with Gasteiger partial charge in [0.1, 0.15) is 5.69 Å². The zero-order chi connectivity index (χ0) is 13.9. The molecule has 0 atom stereocenters. The Bertz CT molecular complexity index is 531. The third-order valence-electron chi connectivity index (χ3n) is 2.23. The summed E-state index contributed by atoms with van der Waals surface area (Å²) in [5.41, 5.74) is -0.889. The molecule has 100 valence electrons. The zero-order valence-corrected chi connectivity index (χ0v) is 10.2. The second-order valence-electron chi connectivity index (χ2n) is 3.22. The molecule has 0 fully saturated rings. The van der Waals surface area contributed by atoms with Crippen LogP contribution in [-0.2, 0) is 6.18 Å². The molecular formula is C12H13F4NO. The maximum absolute atomic E-state index is 13.6. The summed E-state index contributed by atoms with van der Waals surface area (Å²) in [6.07, 6.45) is -4.52. The minimum Gasteiger partial charge on any atom is -0.494 e. The fraction of sp³-hybridized carbons (Fsp3) is 0.333. The molecule has 2 aromatic rings. The third kappa shape index (κ3) is 2.57. The molecule has 1 aromatic heterocycles. The molecule has 0 aliphatic heterocycles. The quantitative estimate of drug-likeness (QED) is 0.760. The van der Waals surface area contributed by atoms with Crippen LogP contribution >= 0.6 is 0 Å². The van der Waals surface area contributed by atoms with Gasteiger partial charge in [0, 0.05) is 10.9 Å². The maximum Gasteiger partial charge on any atom is 0.431 e. The number of benzene rings is 1. The number of methoxy groups -OCH3 is 1. The molecular weight excluding hydrogens is 250 g/mol. The Hall–Kier alpha value is -1.72. The van der Waals surface area contributed by atoms with Crippen LogP contribution in [0.25, 0.3) is 10.9 Å². The van der Waals surface area contributed by atoms with E-state index in [4.69, 9.17) is 0 Å². The second-order valence-corrected chi connectivity index (χ2v) is 3.22. The number of fused-ring (bicyclic) bond motifs is 1. The van der Waals surface area contributed by atoms with Crippen LogP contribution in [-0.4, -0.2) is 12.1 Å². The zero-order valence-electron chi connectivity index (χ0n) is 10.2. The first kappa shape index (κ1) is 14.3. The molecule has 0 spiro atoms. The van der Waals surface area contributed by atoms with Crippen LogP contribution < -0.4 is 4.74 Å². The van der Waals surface area contributed by atoms with E-state index in [2.05, 4.69) is 9.72 Å². The fourth-order valence-corrected chi connectivity index (χ4v) is 1.46. The lowest BCUT2D eigenvalue weighted by Gasteiger charge is -2.00. The molecule has 0 aliphatic rings. The molecule has 18 heavy (non-hydrogen) atoms. The summed E-state index contributed by atoms with van der Waals surface area (Å²) in [6, 6.07) is 3.34. The van der Waals surface area contributed by atoms with Crippen molar-refractivity contribution in [3.63, 3.8) is 0 Å². The lowest BCUT2D eigenvalue weighted by molar-refractivity contribution is -0.140. The summed E-state index contributed by atoms with van der Waals surface area (Å²) in [6.45, 7) is 4.00. The Morgan fingerprint density at radius 1 is 1.17 bits per heavy atom. The van der Waals surface area contributed by atoms with Crippen LogP contribution in [0.2, 0.25) is 0 Å². The van der Waals surface area contributed by atoms with Gasteiger partial charge in [0.15, 0.2) is 11.6 Å². The normalized spacial score (nSPS) is 11.1. The number of hydrogen-bond acceptors (Lipinski definition) is 1. The molecule has 1 N–H and O–H groups in total. The van der Waals surface area contributed by atoms with Gasteiger partial charge in [-0.25, -0.2) is 4.39 Å². The van der Waals surface area contributed by atoms with E-state index in [0.717, 1.165) is 6.07 Å². The number of hydrogen-bond donors (Lipinski definition) is 1. The van der Waals surface area contributed by atoms with Crippen LogP contribution in [0.4, 0.5) is 17.6 Å². The Labute approximate surface area is 102 Å². The minimum absolute atomic E-state index is 0.0831. The summed E-state index contributed by atoms with van der Waals surface area (Å²) in [7, 11) is 1.25. The molecule has 0 aliphatic carbocycles. The lowest BCUT2D eigenvalue weighted by Crippen LogP contribution is -2.04. The molecule has 1 heterocycles. The van der Waals surface area contributed by atoms with Crippen molar-refractivity contribution in [1.82, 2.24) is 4.98 Å². The summed E-state index contributed by atoms with van der Waals surface area (Å²) in [5.74, 6) is -0.882. The molecule has 0 radical (unpaired) electrons. The van der Waals surface area contributed by atoms with Crippen molar-refractivity contribution in [3.8, 4) is 5.75 Å². The summed E-state index contributed by atoms with van der Waals surface area (Å²) in [5, 5.41) is -0.133. The smallest absolute Gasteiger partial charge is 0.431 e. The Morgan fingerprint density at radius 2 is 1.78 bits per heavy atom. The minimum atomic E-state index is -4.52. The predicted molar refractivity (Wildman–Crippen MR) is 61.2 cm³/mol. The van der Waals surface area contributed by atoms with Crippen LogP contribution in [0, 0.1) is 5.82 Å². The highest BCUT2D eigenvalue weighted by Crippen LogP contribution is 2.33. The number of rotatable bonds is 1. The van der Waals surface area contributed by atoms with Crippen LogP contribution in [0.3, 0.4) is 0 Å². The molecule has 0 bridgehead atoms. The van der Waals surface area contributed by atoms with Crippen molar-refractivity contribution in [2.75, 3.05) is 7.11 Å². The summed E-state index contributed by atoms with van der Waals surface area (Å²) in [4.78, 5) is 2.11. The van der Waals surface area contributed by atoms with Gasteiger partial charge in [-0.05, 0) is 18.2 Å². The fourth-order valence-electron chi connectivity index (χ4n) is 1.46. The van der Waals surface area contributed by atoms with Gasteiger partial charge in [-0.1, -0.05) is 13.8 Å². The molecule has 0 amide bonds. The van der Waals surface area contributed by atoms with Crippen LogP contribution in [0.1, 0.15) is 19.5 Å². The van der Waals surface area contributed by atoms with E-state index in [1.54, 1.807) is 0 Å². The number of aromatic amines is 1. The van der Waals surface area contributed by atoms with E-state index in [-0.39, 0.29) is 16.7 Å². The number of ether oxygens (including phenoxy) is 1. The molecule has 2 nitrogen and oxygen atoms in total. The van der Waals surface area contributed by atoms with Gasteiger partial charge < -0.3 is 9.72 Å². The van der Waals surface area contributed by atoms with E-state index in [9.17, 15) is 17.6 Å². The van der Waals surface area contributed by atoms with Gasteiger partial charge >= 0.3 is 6.18 Å². The first-order chi connectivity index (χ1) is 8.43. The van der Waals surface area contributed by atoms with E-state index in [1.165, 1.54) is 19.2 Å². The first-order valence-electron chi connectivity index (χ1n) is 5.36. The van der Waals surface area contributed by atoms with Crippen molar-refractivity contribution < 1.29 is 22.3 Å². The van der Waals surface area contributed by atoms with Crippen molar-refractivity contribution in [1.29, 1.82) is 0 Å². The van der Waals surface area contributed by atoms with Gasteiger partial charge in [-0.15, -0.1) is 0 Å². The van der Waals surface area contributed by atoms with Gasteiger partial charge in [0.05, 0.1) is 7.11 Å². The molecule has 0 saturated carbocycles. The van der Waals surface area contributed by atoms with Gasteiger partial charge in [0.25, 0.3) is 0 Å². The highest BCUT2D eigenvalue weighted by Gasteiger charge is 2.33. The number of halogens is 4. The van der Waals surface area contributed by atoms with Gasteiger partial charge in [-0.3, -0.25) is 0 Å². The Morgan fingerprint density at radius 3 is 2.28 bits per heavy atom. The van der Waals surface area contributed by atoms with Crippen molar-refractivity contribution in [3.05, 3.63) is 29.7 Å². The third-order valence-corrected chi connectivity index (χ3v) is 2.23. The van der Waals surface area contributed by atoms with Gasteiger partial charge in [0.2, 0.25) is 0 Å². The van der Waals surface area contributed by atoms with E-state index in [0.29, 0.717) is 0 Å². The number of nitrogens with one attached hydrogen (secondary N) is 1. The largest absolute Gasteiger partial charge is 0.494 e. The van der Waals surface area contributed by atoms with Crippen molar-refractivity contribution >= 4 is 10.9 Å². The van der Waals surface area contributed by atoms with E-state index >= 15 is 0 Å². The van der Waals surface area contributed by atoms with Crippen LogP contribution in [0.5, 0.6) is 5.75 Å². The highest BCUT2D eigenvalue weighted by molar-refractivity contribution is 5.83. The van der Waals surface area contributed by atoms with E-state index in [1.807, 2.05) is 13.8 Å². The first-order valence-corrected chi connectivity index (χ1v) is 5.36. The summed E-state index contributed by atoms with van der Waals surface area (Å²) < 4.78 is 55.3. The molecule has 2 rings (SSSR count). The molecule has 1 aromatic carbocycles. The van der Waals surface area contributed by atoms with E-state index < -0.39 is 17.7 Å². The maximum atomic E-state index is 13.6. The SMILES string of the molecule is CC.COc1ccc2[nH]c(C(F)(F)F)cc2c1F. The average Bonchev–Trinajstić information content (AvgIpc) is 2.77. The average molecular weight is 263 g/mol. The topological polar surface area (TPSA) is 25.0 Å². The number of H-pyrrole nitrogens is 1. The molecule has 6 heteroatoms. The Balaban J connectivity index is 0.000000771. The highest BCUT2D eigenvalue weighted by atomic mass is 19.4. The van der Waals surface area contributed by atoms with Gasteiger partial charge in [-0.2, -0.15) is 13.2 Å². The lowest BCUT2D eigenvalue weighted by atomic mass is 10.2. The van der Waals surface area contributed by atoms with Crippen molar-refractivity contribution in [2.45, 2.75) is 20.0 Å². The second kappa shape index (κ2) is 5.29. The van der Waals surface area contributed by atoms with Crippen molar-refractivity contribution in [2.24, 2.45) is 0 Å².